The van der Waals surface area contributed by atoms with Crippen molar-refractivity contribution < 1.29 is 13.0 Å². The van der Waals surface area contributed by atoms with Gasteiger partial charge in [0.15, 0.2) is 5.82 Å². The summed E-state index contributed by atoms with van der Waals surface area (Å²) in [7, 11) is -3.88. The van der Waals surface area contributed by atoms with E-state index < -0.39 is 10.1 Å². The Hall–Kier alpha value is -1.15. The van der Waals surface area contributed by atoms with Gasteiger partial charge in [-0.2, -0.15) is 8.42 Å². The number of aryl methyl sites for hydroxylation is 1. The molecule has 74 valence electrons. The second-order valence-electron chi connectivity index (χ2n) is 2.55. The van der Waals surface area contributed by atoms with Gasteiger partial charge in [-0.25, -0.2) is 0 Å². The highest BCUT2D eigenvalue weighted by atomic mass is 32.2. The lowest BCUT2D eigenvalue weighted by Gasteiger charge is -1.97. The fraction of sp³-hybridized carbons (Fsp3) is 0.600. The van der Waals surface area contributed by atoms with E-state index in [4.69, 9.17) is 10.3 Å². The summed E-state index contributed by atoms with van der Waals surface area (Å²) in [5.41, 5.74) is 5.27. The van der Waals surface area contributed by atoms with Crippen LogP contribution in [0.25, 0.3) is 0 Å². The smallest absolute Gasteiger partial charge is 0.264 e. The van der Waals surface area contributed by atoms with Crippen LogP contribution < -0.4 is 5.73 Å². The molecule has 7 nitrogen and oxygen atoms in total. The third-order valence-electron chi connectivity index (χ3n) is 1.35. The Labute approximate surface area is 75.3 Å². The Bertz CT molecular complexity index is 371. The molecule has 0 saturated carbocycles. The number of rotatable bonds is 4. The van der Waals surface area contributed by atoms with Gasteiger partial charge >= 0.3 is 0 Å². The van der Waals surface area contributed by atoms with Gasteiger partial charge in [0, 0.05) is 6.54 Å². The number of aromatic nitrogens is 3. The number of anilines is 1. The third kappa shape index (κ3) is 3.85. The molecular weight excluding hydrogens is 196 g/mol. The molecule has 0 amide bonds. The van der Waals surface area contributed by atoms with Crippen LogP contribution in [0, 0.1) is 0 Å². The van der Waals surface area contributed by atoms with Crippen LogP contribution in [0.4, 0.5) is 5.82 Å². The second kappa shape index (κ2) is 3.71. The molecule has 1 aromatic heterocycles. The quantitative estimate of drug-likeness (QED) is 0.620. The van der Waals surface area contributed by atoms with E-state index in [0.29, 0.717) is 6.54 Å². The van der Waals surface area contributed by atoms with E-state index in [9.17, 15) is 8.42 Å². The van der Waals surface area contributed by atoms with Crippen molar-refractivity contribution in [3.8, 4) is 0 Å². The van der Waals surface area contributed by atoms with Crippen molar-refractivity contribution >= 4 is 15.9 Å². The molecule has 0 bridgehead atoms. The van der Waals surface area contributed by atoms with Gasteiger partial charge in [-0.05, 0) is 6.42 Å². The number of hydrogen-bond acceptors (Lipinski definition) is 5. The third-order valence-corrected chi connectivity index (χ3v) is 2.15. The lowest BCUT2D eigenvalue weighted by atomic mass is 10.5. The molecule has 0 radical (unpaired) electrons. The summed E-state index contributed by atoms with van der Waals surface area (Å²) in [4.78, 5) is 0. The average molecular weight is 206 g/mol. The van der Waals surface area contributed by atoms with E-state index in [1.807, 2.05) is 0 Å². The molecule has 0 spiro atoms. The Balaban J connectivity index is 2.36. The van der Waals surface area contributed by atoms with Gasteiger partial charge < -0.3 is 5.73 Å². The summed E-state index contributed by atoms with van der Waals surface area (Å²) in [6, 6.07) is 0. The minimum atomic E-state index is -3.88. The molecule has 8 heteroatoms. The Morgan fingerprint density at radius 2 is 2.31 bits per heavy atom. The first kappa shape index (κ1) is 9.93. The molecule has 0 aliphatic rings. The molecule has 0 saturated heterocycles. The van der Waals surface area contributed by atoms with Crippen molar-refractivity contribution in [1.82, 2.24) is 15.0 Å². The zero-order chi connectivity index (χ0) is 9.90. The molecule has 0 aliphatic heterocycles. The van der Waals surface area contributed by atoms with Crippen LogP contribution in [0.3, 0.4) is 0 Å². The standard InChI is InChI=1S/C5H10N4O3S/c6-5-4-9(8-7-5)2-1-3-13(10,11)12/h4H,1-3,6H2,(H,10,11,12). The monoisotopic (exact) mass is 206 g/mol. The van der Waals surface area contributed by atoms with Crippen molar-refractivity contribution in [2.24, 2.45) is 0 Å². The molecule has 13 heavy (non-hydrogen) atoms. The van der Waals surface area contributed by atoms with Crippen LogP contribution in [0.1, 0.15) is 6.42 Å². The summed E-state index contributed by atoms with van der Waals surface area (Å²) in [6.07, 6.45) is 1.77. The summed E-state index contributed by atoms with van der Waals surface area (Å²) in [5, 5.41) is 7.11. The number of nitrogens with two attached hydrogens (primary N) is 1. The minimum Gasteiger partial charge on any atom is -0.381 e. The van der Waals surface area contributed by atoms with Crippen LogP contribution in [0.2, 0.25) is 0 Å². The van der Waals surface area contributed by atoms with Crippen molar-refractivity contribution in [3.05, 3.63) is 6.20 Å². The van der Waals surface area contributed by atoms with Gasteiger partial charge in [-0.1, -0.05) is 5.21 Å². The highest BCUT2D eigenvalue weighted by Crippen LogP contribution is 1.96. The zero-order valence-corrected chi connectivity index (χ0v) is 7.61. The molecule has 0 aromatic carbocycles. The predicted octanol–water partition coefficient (Wildman–Crippen LogP) is -0.862. The molecule has 0 unspecified atom stereocenters. The van der Waals surface area contributed by atoms with Gasteiger partial charge in [-0.15, -0.1) is 5.10 Å². The summed E-state index contributed by atoms with van der Waals surface area (Å²) >= 11 is 0. The lowest BCUT2D eigenvalue weighted by molar-refractivity contribution is 0.475. The highest BCUT2D eigenvalue weighted by molar-refractivity contribution is 7.85. The van der Waals surface area contributed by atoms with E-state index in [0.717, 1.165) is 0 Å². The molecule has 0 aliphatic carbocycles. The number of hydrogen-bond donors (Lipinski definition) is 2. The van der Waals surface area contributed by atoms with Crippen molar-refractivity contribution in [1.29, 1.82) is 0 Å². The molecule has 1 heterocycles. The van der Waals surface area contributed by atoms with Crippen molar-refractivity contribution in [2.45, 2.75) is 13.0 Å². The summed E-state index contributed by atoms with van der Waals surface area (Å²) in [5.74, 6) is -0.000830. The van der Waals surface area contributed by atoms with E-state index in [1.165, 1.54) is 10.9 Å². The van der Waals surface area contributed by atoms with E-state index in [2.05, 4.69) is 10.3 Å². The molecule has 0 atom stereocenters. The zero-order valence-electron chi connectivity index (χ0n) is 6.79. The maximum atomic E-state index is 10.3. The first-order valence-corrected chi connectivity index (χ1v) is 5.19. The van der Waals surface area contributed by atoms with E-state index >= 15 is 0 Å². The highest BCUT2D eigenvalue weighted by Gasteiger charge is 2.04. The number of nitrogens with zero attached hydrogens (tertiary/aromatic N) is 3. The van der Waals surface area contributed by atoms with Gasteiger partial charge in [0.2, 0.25) is 0 Å². The van der Waals surface area contributed by atoms with Crippen LogP contribution >= 0.6 is 0 Å². The normalized spacial score (nSPS) is 11.8. The van der Waals surface area contributed by atoms with Crippen molar-refractivity contribution in [3.63, 3.8) is 0 Å². The molecule has 3 N–H and O–H groups in total. The van der Waals surface area contributed by atoms with Crippen LogP contribution in [-0.4, -0.2) is 33.7 Å². The van der Waals surface area contributed by atoms with Gasteiger partial charge in [0.1, 0.15) is 0 Å². The molecule has 1 aromatic rings. The van der Waals surface area contributed by atoms with Gasteiger partial charge in [-0.3, -0.25) is 9.23 Å². The fourth-order valence-electron chi connectivity index (χ4n) is 0.832. The van der Waals surface area contributed by atoms with Crippen molar-refractivity contribution in [2.75, 3.05) is 11.5 Å². The average Bonchev–Trinajstić information content (AvgIpc) is 2.33. The number of nitrogen functional groups attached to an aromatic ring is 1. The van der Waals surface area contributed by atoms with Crippen LogP contribution in [0.15, 0.2) is 6.20 Å². The predicted molar refractivity (Wildman–Crippen MR) is 45.5 cm³/mol. The summed E-state index contributed by atoms with van der Waals surface area (Å²) in [6.45, 7) is 0.365. The van der Waals surface area contributed by atoms with E-state index in [1.54, 1.807) is 0 Å². The maximum absolute atomic E-state index is 10.3. The Morgan fingerprint density at radius 3 is 2.77 bits per heavy atom. The molecule has 0 fully saturated rings. The maximum Gasteiger partial charge on any atom is 0.264 e. The van der Waals surface area contributed by atoms with Crippen LogP contribution in [-0.2, 0) is 16.7 Å². The summed E-state index contributed by atoms with van der Waals surface area (Å²) < 4.78 is 30.4. The van der Waals surface area contributed by atoms with E-state index in [-0.39, 0.29) is 18.0 Å². The Kier molecular flexibility index (Phi) is 2.83. The second-order valence-corrected chi connectivity index (χ2v) is 4.12. The van der Waals surface area contributed by atoms with Crippen LogP contribution in [0.5, 0.6) is 0 Å². The fourth-order valence-corrected chi connectivity index (χ4v) is 1.33. The first-order valence-electron chi connectivity index (χ1n) is 3.58. The molecular formula is C5H10N4O3S. The van der Waals surface area contributed by atoms with Gasteiger partial charge in [0.25, 0.3) is 10.1 Å². The SMILES string of the molecule is Nc1cn(CCCS(=O)(=O)O)nn1. The topological polar surface area (TPSA) is 111 Å². The van der Waals surface area contributed by atoms with Gasteiger partial charge in [0.05, 0.1) is 11.9 Å². The largest absolute Gasteiger partial charge is 0.381 e. The minimum absolute atomic E-state index is 0.279. The molecule has 1 rings (SSSR count). The first-order chi connectivity index (χ1) is 5.97. The lowest BCUT2D eigenvalue weighted by Crippen LogP contribution is -2.08. The Morgan fingerprint density at radius 1 is 1.62 bits per heavy atom.